The molecule has 2 rings (SSSR count). The fraction of sp³-hybridized carbons (Fsp3) is 0.417. The van der Waals surface area contributed by atoms with Gasteiger partial charge in [-0.05, 0) is 31.9 Å². The van der Waals surface area contributed by atoms with Crippen molar-refractivity contribution >= 4 is 11.8 Å². The predicted octanol–water partition coefficient (Wildman–Crippen LogP) is 0.618. The number of pyridine rings is 1. The summed E-state index contributed by atoms with van der Waals surface area (Å²) in [7, 11) is 0. The Morgan fingerprint density at radius 3 is 2.83 bits per heavy atom. The third-order valence-electron chi connectivity index (χ3n) is 2.67. The Hall–Kier alpha value is -1.98. The molecule has 1 aliphatic rings. The Morgan fingerprint density at radius 1 is 1.50 bits per heavy atom. The van der Waals surface area contributed by atoms with Gasteiger partial charge in [0.15, 0.2) is 0 Å². The van der Waals surface area contributed by atoms with E-state index in [1.165, 1.54) is 18.3 Å². The second-order valence-corrected chi connectivity index (χ2v) is 4.32. The second kappa shape index (κ2) is 5.12. The largest absolute Gasteiger partial charge is 0.352 e. The molecule has 2 N–H and O–H groups in total. The van der Waals surface area contributed by atoms with E-state index in [1.807, 2.05) is 0 Å². The molecule has 0 radical (unpaired) electrons. The van der Waals surface area contributed by atoms with Crippen LogP contribution in [0.3, 0.4) is 0 Å². The van der Waals surface area contributed by atoms with Crippen LogP contribution in [0.1, 0.15) is 30.1 Å². The van der Waals surface area contributed by atoms with Gasteiger partial charge in [-0.25, -0.2) is 4.98 Å². The van der Waals surface area contributed by atoms with E-state index < -0.39 is 17.9 Å². The van der Waals surface area contributed by atoms with Crippen LogP contribution < -0.4 is 10.6 Å². The fourth-order valence-corrected chi connectivity index (χ4v) is 1.45. The van der Waals surface area contributed by atoms with E-state index in [0.29, 0.717) is 0 Å². The van der Waals surface area contributed by atoms with E-state index in [2.05, 4.69) is 15.6 Å². The lowest BCUT2D eigenvalue weighted by atomic mass is 10.2. The van der Waals surface area contributed by atoms with E-state index in [1.54, 1.807) is 6.92 Å². The Morgan fingerprint density at radius 2 is 2.22 bits per heavy atom. The third-order valence-corrected chi connectivity index (χ3v) is 2.67. The van der Waals surface area contributed by atoms with Gasteiger partial charge >= 0.3 is 0 Å². The van der Waals surface area contributed by atoms with Gasteiger partial charge in [0.2, 0.25) is 11.9 Å². The molecule has 1 heterocycles. The number of rotatable bonds is 4. The average Bonchev–Trinajstić information content (AvgIpc) is 3.13. The molecular formula is C12H14FN3O2. The van der Waals surface area contributed by atoms with Gasteiger partial charge in [-0.15, -0.1) is 0 Å². The number of hydrogen-bond acceptors (Lipinski definition) is 3. The van der Waals surface area contributed by atoms with Gasteiger partial charge in [0.1, 0.15) is 6.04 Å². The van der Waals surface area contributed by atoms with Crippen LogP contribution in [0.15, 0.2) is 18.3 Å². The van der Waals surface area contributed by atoms with Crippen molar-refractivity contribution in [3.8, 4) is 0 Å². The van der Waals surface area contributed by atoms with E-state index in [4.69, 9.17) is 0 Å². The molecular weight excluding hydrogens is 237 g/mol. The smallest absolute Gasteiger partial charge is 0.256 e. The molecule has 0 spiro atoms. The summed E-state index contributed by atoms with van der Waals surface area (Å²) >= 11 is 0. The maximum atomic E-state index is 13.2. The van der Waals surface area contributed by atoms with Crippen LogP contribution >= 0.6 is 0 Å². The molecule has 18 heavy (non-hydrogen) atoms. The summed E-state index contributed by atoms with van der Waals surface area (Å²) < 4.78 is 13.2. The van der Waals surface area contributed by atoms with Gasteiger partial charge in [0.05, 0.1) is 5.56 Å². The van der Waals surface area contributed by atoms with Crippen molar-refractivity contribution in [2.45, 2.75) is 31.8 Å². The SMILES string of the molecule is CC(NC(=O)c1cccnc1F)C(=O)NC1CC1. The molecule has 1 atom stereocenters. The Balaban J connectivity index is 1.94. The number of aromatic nitrogens is 1. The fourth-order valence-electron chi connectivity index (χ4n) is 1.45. The van der Waals surface area contributed by atoms with Gasteiger partial charge in [0.25, 0.3) is 5.91 Å². The van der Waals surface area contributed by atoms with Crippen molar-refractivity contribution in [2.75, 3.05) is 0 Å². The number of hydrogen-bond donors (Lipinski definition) is 2. The van der Waals surface area contributed by atoms with Crippen molar-refractivity contribution in [2.24, 2.45) is 0 Å². The summed E-state index contributed by atoms with van der Waals surface area (Å²) in [6.07, 6.45) is 3.21. The highest BCUT2D eigenvalue weighted by atomic mass is 19.1. The van der Waals surface area contributed by atoms with Crippen LogP contribution in [0.5, 0.6) is 0 Å². The molecule has 2 amide bonds. The van der Waals surface area contributed by atoms with Crippen LogP contribution in [0.2, 0.25) is 0 Å². The first-order chi connectivity index (χ1) is 8.58. The molecule has 96 valence electrons. The van der Waals surface area contributed by atoms with Crippen molar-refractivity contribution in [1.29, 1.82) is 0 Å². The number of amides is 2. The topological polar surface area (TPSA) is 71.1 Å². The highest BCUT2D eigenvalue weighted by molar-refractivity contribution is 5.97. The Kier molecular flexibility index (Phi) is 3.55. The Bertz CT molecular complexity index is 474. The first-order valence-corrected chi connectivity index (χ1v) is 5.79. The summed E-state index contributed by atoms with van der Waals surface area (Å²) in [5.41, 5.74) is -0.163. The molecule has 1 aromatic rings. The molecule has 1 aromatic heterocycles. The van der Waals surface area contributed by atoms with Crippen LogP contribution in [-0.2, 0) is 4.79 Å². The van der Waals surface area contributed by atoms with Crippen LogP contribution in [0, 0.1) is 5.95 Å². The van der Waals surface area contributed by atoms with Gasteiger partial charge < -0.3 is 10.6 Å². The van der Waals surface area contributed by atoms with Crippen LogP contribution in [0.4, 0.5) is 4.39 Å². The summed E-state index contributed by atoms with van der Waals surface area (Å²) in [6.45, 7) is 1.56. The number of halogens is 1. The third kappa shape index (κ3) is 3.03. The highest BCUT2D eigenvalue weighted by Gasteiger charge is 2.26. The van der Waals surface area contributed by atoms with Crippen molar-refractivity contribution in [3.05, 3.63) is 29.8 Å². The first-order valence-electron chi connectivity index (χ1n) is 5.79. The zero-order valence-corrected chi connectivity index (χ0v) is 9.94. The maximum Gasteiger partial charge on any atom is 0.256 e. The highest BCUT2D eigenvalue weighted by Crippen LogP contribution is 2.18. The van der Waals surface area contributed by atoms with Gasteiger partial charge in [-0.1, -0.05) is 0 Å². The average molecular weight is 251 g/mol. The van der Waals surface area contributed by atoms with Crippen LogP contribution in [0.25, 0.3) is 0 Å². The lowest BCUT2D eigenvalue weighted by Crippen LogP contribution is -2.45. The molecule has 1 unspecified atom stereocenters. The lowest BCUT2D eigenvalue weighted by molar-refractivity contribution is -0.122. The van der Waals surface area contributed by atoms with E-state index >= 15 is 0 Å². The molecule has 0 aromatic carbocycles. The van der Waals surface area contributed by atoms with Gasteiger partial charge in [0, 0.05) is 12.2 Å². The molecule has 0 bridgehead atoms. The second-order valence-electron chi connectivity index (χ2n) is 4.32. The van der Waals surface area contributed by atoms with Crippen molar-refractivity contribution in [1.82, 2.24) is 15.6 Å². The zero-order chi connectivity index (χ0) is 13.1. The Labute approximate surface area is 104 Å². The first kappa shape index (κ1) is 12.5. The number of nitrogens with one attached hydrogen (secondary N) is 2. The normalized spacial score (nSPS) is 15.9. The summed E-state index contributed by atoms with van der Waals surface area (Å²) in [4.78, 5) is 26.7. The minimum atomic E-state index is -0.843. The minimum Gasteiger partial charge on any atom is -0.352 e. The predicted molar refractivity (Wildman–Crippen MR) is 62.3 cm³/mol. The summed E-state index contributed by atoms with van der Waals surface area (Å²) in [5, 5.41) is 5.20. The maximum absolute atomic E-state index is 13.2. The quantitative estimate of drug-likeness (QED) is 0.770. The minimum absolute atomic E-state index is 0.163. The molecule has 1 aliphatic carbocycles. The standard InChI is InChI=1S/C12H14FN3O2/c1-7(11(17)16-8-4-5-8)15-12(18)9-3-2-6-14-10(9)13/h2-3,6-8H,4-5H2,1H3,(H,15,18)(H,16,17). The molecule has 1 fully saturated rings. The lowest BCUT2D eigenvalue weighted by Gasteiger charge is -2.13. The van der Waals surface area contributed by atoms with Crippen molar-refractivity contribution < 1.29 is 14.0 Å². The molecule has 1 saturated carbocycles. The van der Waals surface area contributed by atoms with Crippen molar-refractivity contribution in [3.63, 3.8) is 0 Å². The zero-order valence-electron chi connectivity index (χ0n) is 9.94. The molecule has 0 aliphatic heterocycles. The number of nitrogens with zero attached hydrogens (tertiary/aromatic N) is 1. The number of carbonyl (C=O) groups excluding carboxylic acids is 2. The van der Waals surface area contributed by atoms with Crippen LogP contribution in [-0.4, -0.2) is 28.9 Å². The molecule has 0 saturated heterocycles. The monoisotopic (exact) mass is 251 g/mol. The molecule has 6 heteroatoms. The van der Waals surface area contributed by atoms with E-state index in [0.717, 1.165) is 12.8 Å². The summed E-state index contributed by atoms with van der Waals surface area (Å²) in [5.74, 6) is -1.74. The molecule has 5 nitrogen and oxygen atoms in total. The van der Waals surface area contributed by atoms with E-state index in [-0.39, 0.29) is 17.5 Å². The van der Waals surface area contributed by atoms with Gasteiger partial charge in [-0.2, -0.15) is 4.39 Å². The van der Waals surface area contributed by atoms with E-state index in [9.17, 15) is 14.0 Å². The van der Waals surface area contributed by atoms with Gasteiger partial charge in [-0.3, -0.25) is 9.59 Å². The number of carbonyl (C=O) groups is 2. The summed E-state index contributed by atoms with van der Waals surface area (Å²) in [6, 6.07) is 2.32.